The average molecular weight is 447 g/mol. The van der Waals surface area contributed by atoms with Crippen molar-refractivity contribution in [1.29, 1.82) is 0 Å². The first kappa shape index (κ1) is 25.0. The number of ether oxygens (including phenoxy) is 3. The molecule has 2 N–H and O–H groups in total. The average Bonchev–Trinajstić information content (AvgIpc) is 2.81. The highest BCUT2D eigenvalue weighted by Crippen LogP contribution is 2.25. The summed E-state index contributed by atoms with van der Waals surface area (Å²) < 4.78 is 16.1. The van der Waals surface area contributed by atoms with Gasteiger partial charge in [-0.1, -0.05) is 12.1 Å². The molecule has 9 heteroatoms. The van der Waals surface area contributed by atoms with Crippen LogP contribution in [-0.4, -0.2) is 79.5 Å². The molecule has 0 amide bonds. The van der Waals surface area contributed by atoms with Crippen LogP contribution in [0.15, 0.2) is 42.5 Å². The Balaban J connectivity index is 0.000000534. The van der Waals surface area contributed by atoms with Gasteiger partial charge < -0.3 is 24.4 Å². The van der Waals surface area contributed by atoms with E-state index in [4.69, 9.17) is 34.0 Å². The van der Waals surface area contributed by atoms with Crippen molar-refractivity contribution in [2.75, 3.05) is 47.5 Å². The molecule has 0 radical (unpaired) electrons. The van der Waals surface area contributed by atoms with Gasteiger partial charge in [0.05, 0.1) is 21.3 Å². The molecule has 1 fully saturated rings. The lowest BCUT2D eigenvalue weighted by Crippen LogP contribution is -2.45. The number of rotatable bonds is 7. The molecule has 1 saturated heterocycles. The highest BCUT2D eigenvalue weighted by atomic mass is 16.5. The number of piperazine rings is 1. The molecular formula is C23H30N2O7. The smallest absolute Gasteiger partial charge is 0.414 e. The molecule has 0 bridgehead atoms. The third kappa shape index (κ3) is 7.75. The molecular weight excluding hydrogens is 416 g/mol. The number of carbonyl (C=O) groups is 2. The fourth-order valence-corrected chi connectivity index (χ4v) is 3.34. The van der Waals surface area contributed by atoms with Crippen LogP contribution in [0.3, 0.4) is 0 Å². The molecule has 174 valence electrons. The topological polar surface area (TPSA) is 109 Å². The third-order valence-electron chi connectivity index (χ3n) is 5.09. The van der Waals surface area contributed by atoms with Gasteiger partial charge in [0.25, 0.3) is 0 Å². The summed E-state index contributed by atoms with van der Waals surface area (Å²) in [6, 6.07) is 14.3. The molecule has 1 aliphatic heterocycles. The minimum absolute atomic E-state index is 0.874. The Hall–Kier alpha value is -3.30. The van der Waals surface area contributed by atoms with Gasteiger partial charge in [-0.2, -0.15) is 0 Å². The fraction of sp³-hybridized carbons (Fsp3) is 0.391. The van der Waals surface area contributed by atoms with E-state index < -0.39 is 11.9 Å². The minimum atomic E-state index is -1.82. The first-order chi connectivity index (χ1) is 15.4. The van der Waals surface area contributed by atoms with Crippen molar-refractivity contribution in [2.24, 2.45) is 0 Å². The molecule has 0 unspecified atom stereocenters. The van der Waals surface area contributed by atoms with E-state index in [0.717, 1.165) is 56.5 Å². The van der Waals surface area contributed by atoms with E-state index in [-0.39, 0.29) is 0 Å². The van der Waals surface area contributed by atoms with Crippen molar-refractivity contribution < 1.29 is 34.0 Å². The van der Waals surface area contributed by atoms with E-state index >= 15 is 0 Å². The minimum Gasteiger partial charge on any atom is -0.497 e. The van der Waals surface area contributed by atoms with Crippen LogP contribution >= 0.6 is 0 Å². The van der Waals surface area contributed by atoms with E-state index in [0.29, 0.717) is 0 Å². The summed E-state index contributed by atoms with van der Waals surface area (Å²) in [6.45, 7) is 6.11. The van der Waals surface area contributed by atoms with Gasteiger partial charge in [0.2, 0.25) is 0 Å². The Morgan fingerprint density at radius 2 is 1.25 bits per heavy atom. The third-order valence-corrected chi connectivity index (χ3v) is 5.09. The van der Waals surface area contributed by atoms with Gasteiger partial charge in [-0.25, -0.2) is 9.59 Å². The summed E-state index contributed by atoms with van der Waals surface area (Å²) in [7, 11) is 5.12. The van der Waals surface area contributed by atoms with Crippen molar-refractivity contribution in [3.63, 3.8) is 0 Å². The van der Waals surface area contributed by atoms with Crippen molar-refractivity contribution >= 4 is 11.9 Å². The van der Waals surface area contributed by atoms with Gasteiger partial charge in [-0.3, -0.25) is 9.80 Å². The molecule has 0 atom stereocenters. The Bertz CT molecular complexity index is 866. The van der Waals surface area contributed by atoms with Crippen LogP contribution < -0.4 is 14.2 Å². The molecule has 2 aromatic rings. The Morgan fingerprint density at radius 1 is 0.750 bits per heavy atom. The lowest BCUT2D eigenvalue weighted by Gasteiger charge is -2.35. The van der Waals surface area contributed by atoms with Crippen molar-refractivity contribution in [3.8, 4) is 17.2 Å². The first-order valence-electron chi connectivity index (χ1n) is 10.1. The van der Waals surface area contributed by atoms with Crippen LogP contribution in [0.25, 0.3) is 0 Å². The van der Waals surface area contributed by atoms with Crippen LogP contribution in [0.2, 0.25) is 0 Å². The summed E-state index contributed by atoms with van der Waals surface area (Å²) in [5.74, 6) is -0.943. The molecule has 0 saturated carbocycles. The van der Waals surface area contributed by atoms with Gasteiger partial charge in [-0.15, -0.1) is 0 Å². The summed E-state index contributed by atoms with van der Waals surface area (Å²) in [4.78, 5) is 23.2. The van der Waals surface area contributed by atoms with Crippen LogP contribution in [0, 0.1) is 0 Å². The van der Waals surface area contributed by atoms with Gasteiger partial charge in [-0.05, 0) is 35.9 Å². The van der Waals surface area contributed by atoms with E-state index in [1.54, 1.807) is 21.3 Å². The monoisotopic (exact) mass is 446 g/mol. The molecule has 0 aliphatic carbocycles. The van der Waals surface area contributed by atoms with Crippen LogP contribution in [0.1, 0.15) is 11.1 Å². The Kier molecular flexibility index (Phi) is 9.77. The maximum atomic E-state index is 9.10. The molecule has 3 rings (SSSR count). The van der Waals surface area contributed by atoms with E-state index in [2.05, 4.69) is 28.0 Å². The van der Waals surface area contributed by atoms with Crippen LogP contribution in [-0.2, 0) is 22.7 Å². The van der Waals surface area contributed by atoms with E-state index in [9.17, 15) is 0 Å². The van der Waals surface area contributed by atoms with Gasteiger partial charge in [0.15, 0.2) is 0 Å². The molecule has 1 aliphatic rings. The number of nitrogens with zero attached hydrogens (tertiary/aromatic N) is 2. The second-order valence-electron chi connectivity index (χ2n) is 7.19. The van der Waals surface area contributed by atoms with Crippen molar-refractivity contribution in [3.05, 3.63) is 53.6 Å². The van der Waals surface area contributed by atoms with Gasteiger partial charge in [0, 0.05) is 44.8 Å². The zero-order chi connectivity index (χ0) is 23.5. The standard InChI is InChI=1S/C21H28N2O3.C2H2O4/c1-24-19-6-4-17(5-7-19)15-22-10-12-23(13-11-22)16-18-14-20(25-2)8-9-21(18)26-3;3-1(4)2(5)6/h4-9,14H,10-13,15-16H2,1-3H3;(H,3,4)(H,5,6). The van der Waals surface area contributed by atoms with E-state index in [1.807, 2.05) is 24.3 Å². The van der Waals surface area contributed by atoms with Crippen molar-refractivity contribution in [2.45, 2.75) is 13.1 Å². The summed E-state index contributed by atoms with van der Waals surface area (Å²) in [5.41, 5.74) is 2.50. The number of aliphatic carboxylic acids is 2. The van der Waals surface area contributed by atoms with Crippen molar-refractivity contribution in [1.82, 2.24) is 9.80 Å². The predicted molar refractivity (Wildman–Crippen MR) is 118 cm³/mol. The SMILES string of the molecule is COc1ccc(CN2CCN(Cc3cc(OC)ccc3OC)CC2)cc1.O=C(O)C(=O)O. The zero-order valence-corrected chi connectivity index (χ0v) is 18.6. The number of hydrogen-bond acceptors (Lipinski definition) is 7. The maximum Gasteiger partial charge on any atom is 0.414 e. The molecule has 9 nitrogen and oxygen atoms in total. The first-order valence-corrected chi connectivity index (χ1v) is 10.1. The Morgan fingerprint density at radius 3 is 1.72 bits per heavy atom. The molecule has 2 aromatic carbocycles. The summed E-state index contributed by atoms with van der Waals surface area (Å²) in [6.07, 6.45) is 0. The number of hydrogen-bond donors (Lipinski definition) is 2. The lowest BCUT2D eigenvalue weighted by atomic mass is 10.1. The van der Waals surface area contributed by atoms with Gasteiger partial charge >= 0.3 is 11.9 Å². The maximum absolute atomic E-state index is 9.10. The molecule has 0 aromatic heterocycles. The normalized spacial score (nSPS) is 14.1. The number of benzene rings is 2. The fourth-order valence-electron chi connectivity index (χ4n) is 3.34. The van der Waals surface area contributed by atoms with Gasteiger partial charge in [0.1, 0.15) is 17.2 Å². The second-order valence-corrected chi connectivity index (χ2v) is 7.19. The lowest BCUT2D eigenvalue weighted by molar-refractivity contribution is -0.159. The van der Waals surface area contributed by atoms with Crippen LogP contribution in [0.5, 0.6) is 17.2 Å². The Labute approximate surface area is 187 Å². The highest BCUT2D eigenvalue weighted by molar-refractivity contribution is 6.27. The summed E-state index contributed by atoms with van der Waals surface area (Å²) in [5, 5.41) is 14.8. The second kappa shape index (κ2) is 12.5. The largest absolute Gasteiger partial charge is 0.497 e. The predicted octanol–water partition coefficient (Wildman–Crippen LogP) is 2.19. The zero-order valence-electron chi connectivity index (χ0n) is 18.6. The molecule has 1 heterocycles. The molecule has 32 heavy (non-hydrogen) atoms. The number of methoxy groups -OCH3 is 3. The summed E-state index contributed by atoms with van der Waals surface area (Å²) >= 11 is 0. The number of carboxylic acid groups (broad SMARTS) is 2. The van der Waals surface area contributed by atoms with Crippen LogP contribution in [0.4, 0.5) is 0 Å². The molecule has 0 spiro atoms. The quantitative estimate of drug-likeness (QED) is 0.619. The highest BCUT2D eigenvalue weighted by Gasteiger charge is 2.18. The van der Waals surface area contributed by atoms with E-state index in [1.165, 1.54) is 11.1 Å². The number of carboxylic acids is 2.